The van der Waals surface area contributed by atoms with Gasteiger partial charge in [0.05, 0.1) is 5.75 Å². The number of hydrogen-bond acceptors (Lipinski definition) is 3. The molecule has 2 aromatic rings. The molecule has 0 amide bonds. The molecule has 1 aliphatic rings. The standard InChI is InChI=1S/C21H27O4PS/c1-2-3-16-27(24,25)21(14-8-9-15-26(22)23)19-12-6-4-10-17(19)18-11-5-7-13-20(18)21/h4-7,10-13,26H,2-3,8-9,14-16H2,1H3,(H,22,23). The van der Waals surface area contributed by atoms with Crippen molar-refractivity contribution in [1.29, 1.82) is 0 Å². The molecular formula is C21H27O4PS. The fourth-order valence-electron chi connectivity index (χ4n) is 4.20. The number of hydrogen-bond donors (Lipinski definition) is 1. The largest absolute Gasteiger partial charge is 0.346 e. The Morgan fingerprint density at radius 2 is 1.48 bits per heavy atom. The molecule has 4 nitrogen and oxygen atoms in total. The van der Waals surface area contributed by atoms with Gasteiger partial charge in [0, 0.05) is 6.16 Å². The maximum absolute atomic E-state index is 13.7. The summed E-state index contributed by atoms with van der Waals surface area (Å²) in [6.07, 6.45) is 3.32. The predicted molar refractivity (Wildman–Crippen MR) is 111 cm³/mol. The van der Waals surface area contributed by atoms with Gasteiger partial charge in [0.2, 0.25) is 0 Å². The van der Waals surface area contributed by atoms with E-state index in [4.69, 9.17) is 4.89 Å². The van der Waals surface area contributed by atoms with Crippen LogP contribution in [0, 0.1) is 0 Å². The van der Waals surface area contributed by atoms with E-state index in [0.717, 1.165) is 28.7 Å². The van der Waals surface area contributed by atoms with E-state index in [1.165, 1.54) is 0 Å². The summed E-state index contributed by atoms with van der Waals surface area (Å²) in [6, 6.07) is 15.6. The van der Waals surface area contributed by atoms with E-state index in [-0.39, 0.29) is 11.9 Å². The molecular weight excluding hydrogens is 379 g/mol. The SMILES string of the molecule is CCCCS(=O)(=O)C1(CCCC[PH](=O)O)c2ccccc2-c2ccccc21. The van der Waals surface area contributed by atoms with E-state index in [1.807, 2.05) is 55.5 Å². The molecule has 0 radical (unpaired) electrons. The fraction of sp³-hybridized carbons (Fsp3) is 0.429. The molecule has 146 valence electrons. The quantitative estimate of drug-likeness (QED) is 0.481. The predicted octanol–water partition coefficient (Wildman–Crippen LogP) is 4.76. The van der Waals surface area contributed by atoms with E-state index in [0.29, 0.717) is 25.7 Å². The average Bonchev–Trinajstić information content (AvgIpc) is 2.95. The Morgan fingerprint density at radius 1 is 0.926 bits per heavy atom. The molecule has 0 fully saturated rings. The lowest BCUT2D eigenvalue weighted by Crippen LogP contribution is -2.37. The third kappa shape index (κ3) is 3.65. The summed E-state index contributed by atoms with van der Waals surface area (Å²) in [5.74, 6) is 0.156. The van der Waals surface area contributed by atoms with Crippen molar-refractivity contribution in [3.8, 4) is 11.1 Å². The van der Waals surface area contributed by atoms with Crippen molar-refractivity contribution in [1.82, 2.24) is 0 Å². The zero-order valence-electron chi connectivity index (χ0n) is 15.6. The number of unbranched alkanes of at least 4 members (excludes halogenated alkanes) is 2. The maximum Gasteiger partial charge on any atom is 0.189 e. The van der Waals surface area contributed by atoms with Crippen molar-refractivity contribution in [2.45, 2.75) is 43.8 Å². The molecule has 0 aliphatic heterocycles. The Morgan fingerprint density at radius 3 is 2.00 bits per heavy atom. The highest BCUT2D eigenvalue weighted by molar-refractivity contribution is 7.92. The van der Waals surface area contributed by atoms with Crippen molar-refractivity contribution < 1.29 is 17.9 Å². The highest BCUT2D eigenvalue weighted by atomic mass is 32.2. The Balaban J connectivity index is 2.13. The topological polar surface area (TPSA) is 71.4 Å². The lowest BCUT2D eigenvalue weighted by molar-refractivity contribution is 0.495. The molecule has 2 aromatic carbocycles. The molecule has 1 unspecified atom stereocenters. The molecule has 0 saturated carbocycles. The van der Waals surface area contributed by atoms with Crippen LogP contribution in [0.2, 0.25) is 0 Å². The summed E-state index contributed by atoms with van der Waals surface area (Å²) >= 11 is 0. The lowest BCUT2D eigenvalue weighted by atomic mass is 9.90. The van der Waals surface area contributed by atoms with Gasteiger partial charge >= 0.3 is 0 Å². The van der Waals surface area contributed by atoms with Crippen molar-refractivity contribution in [3.63, 3.8) is 0 Å². The molecule has 0 saturated heterocycles. The second-order valence-corrected chi connectivity index (χ2v) is 10.8. The van der Waals surface area contributed by atoms with Gasteiger partial charge in [-0.3, -0.25) is 4.57 Å². The summed E-state index contributed by atoms with van der Waals surface area (Å²) < 4.78 is 37.3. The first kappa shape index (κ1) is 20.3. The highest BCUT2D eigenvalue weighted by Gasteiger charge is 2.51. The van der Waals surface area contributed by atoms with Crippen LogP contribution in [0.1, 0.15) is 50.2 Å². The Bertz CT molecular complexity index is 891. The van der Waals surface area contributed by atoms with Crippen LogP contribution < -0.4 is 0 Å². The van der Waals surface area contributed by atoms with Gasteiger partial charge in [-0.15, -0.1) is 0 Å². The summed E-state index contributed by atoms with van der Waals surface area (Å²) in [4.78, 5) is 9.13. The first-order valence-corrected chi connectivity index (χ1v) is 12.8. The van der Waals surface area contributed by atoms with Crippen molar-refractivity contribution in [2.75, 3.05) is 11.9 Å². The molecule has 0 heterocycles. The second kappa shape index (κ2) is 8.30. The van der Waals surface area contributed by atoms with Gasteiger partial charge < -0.3 is 4.89 Å². The van der Waals surface area contributed by atoms with Crippen LogP contribution in [0.5, 0.6) is 0 Å². The lowest BCUT2D eigenvalue weighted by Gasteiger charge is -2.32. The van der Waals surface area contributed by atoms with Crippen molar-refractivity contribution >= 4 is 17.9 Å². The average molecular weight is 406 g/mol. The van der Waals surface area contributed by atoms with Gasteiger partial charge in [-0.1, -0.05) is 68.3 Å². The monoisotopic (exact) mass is 406 g/mol. The van der Waals surface area contributed by atoms with Gasteiger partial charge in [0.15, 0.2) is 17.9 Å². The summed E-state index contributed by atoms with van der Waals surface area (Å²) in [7, 11) is -5.96. The van der Waals surface area contributed by atoms with Crippen LogP contribution in [-0.4, -0.2) is 25.2 Å². The van der Waals surface area contributed by atoms with Crippen LogP contribution >= 0.6 is 8.03 Å². The molecule has 1 atom stereocenters. The molecule has 27 heavy (non-hydrogen) atoms. The Kier molecular flexibility index (Phi) is 6.25. The molecule has 0 aromatic heterocycles. The first-order valence-electron chi connectivity index (χ1n) is 9.57. The van der Waals surface area contributed by atoms with E-state index in [9.17, 15) is 13.0 Å². The van der Waals surface area contributed by atoms with E-state index in [2.05, 4.69) is 0 Å². The van der Waals surface area contributed by atoms with Gasteiger partial charge in [-0.05, 0) is 41.5 Å². The van der Waals surface area contributed by atoms with Crippen LogP contribution in [0.15, 0.2) is 48.5 Å². The molecule has 1 N–H and O–H groups in total. The van der Waals surface area contributed by atoms with Crippen molar-refractivity contribution in [2.24, 2.45) is 0 Å². The fourth-order valence-corrected chi connectivity index (χ4v) is 7.26. The minimum atomic E-state index is -3.44. The summed E-state index contributed by atoms with van der Waals surface area (Å²) in [6.45, 7) is 2.00. The second-order valence-electron chi connectivity index (χ2n) is 7.19. The number of sulfone groups is 1. The summed E-state index contributed by atoms with van der Waals surface area (Å²) in [5, 5.41) is 0. The van der Waals surface area contributed by atoms with Gasteiger partial charge in [0.25, 0.3) is 0 Å². The first-order chi connectivity index (χ1) is 12.9. The third-order valence-corrected chi connectivity index (χ3v) is 8.79. The van der Waals surface area contributed by atoms with Crippen molar-refractivity contribution in [3.05, 3.63) is 59.7 Å². The van der Waals surface area contributed by atoms with E-state index in [1.54, 1.807) is 0 Å². The normalized spacial score (nSPS) is 15.9. The Hall–Kier alpha value is -1.42. The molecule has 0 spiro atoms. The van der Waals surface area contributed by atoms with Crippen LogP contribution in [0.25, 0.3) is 11.1 Å². The van der Waals surface area contributed by atoms with E-state index >= 15 is 0 Å². The zero-order chi connectivity index (χ0) is 19.5. The highest BCUT2D eigenvalue weighted by Crippen LogP contribution is 2.54. The minimum absolute atomic E-state index is 0.156. The van der Waals surface area contributed by atoms with Gasteiger partial charge in [-0.25, -0.2) is 8.42 Å². The molecule has 1 aliphatic carbocycles. The van der Waals surface area contributed by atoms with Gasteiger partial charge in [-0.2, -0.15) is 0 Å². The van der Waals surface area contributed by atoms with Crippen LogP contribution in [-0.2, 0) is 19.1 Å². The number of rotatable bonds is 9. The number of benzene rings is 2. The van der Waals surface area contributed by atoms with Crippen LogP contribution in [0.4, 0.5) is 0 Å². The maximum atomic E-state index is 13.7. The minimum Gasteiger partial charge on any atom is -0.346 e. The molecule has 3 rings (SSSR count). The zero-order valence-corrected chi connectivity index (χ0v) is 17.5. The smallest absolute Gasteiger partial charge is 0.189 e. The third-order valence-electron chi connectivity index (χ3n) is 5.48. The summed E-state index contributed by atoms with van der Waals surface area (Å²) in [5.41, 5.74) is 3.70. The molecule has 6 heteroatoms. The molecule has 0 bridgehead atoms. The van der Waals surface area contributed by atoms with E-state index < -0.39 is 22.6 Å². The van der Waals surface area contributed by atoms with Gasteiger partial charge in [0.1, 0.15) is 4.75 Å². The number of fused-ring (bicyclic) bond motifs is 3. The Labute approximate surface area is 162 Å². The van der Waals surface area contributed by atoms with Crippen LogP contribution in [0.3, 0.4) is 0 Å².